The summed E-state index contributed by atoms with van der Waals surface area (Å²) in [6.07, 6.45) is 0. The summed E-state index contributed by atoms with van der Waals surface area (Å²) in [6.45, 7) is 4.68. The molecule has 0 fully saturated rings. The van der Waals surface area contributed by atoms with E-state index in [0.29, 0.717) is 24.0 Å². The Morgan fingerprint density at radius 3 is 2.43 bits per heavy atom. The zero-order valence-corrected chi connectivity index (χ0v) is 13.1. The van der Waals surface area contributed by atoms with Crippen LogP contribution >= 0.6 is 0 Å². The fourth-order valence-electron chi connectivity index (χ4n) is 1.99. The first-order valence-corrected chi connectivity index (χ1v) is 7.34. The molecule has 0 unspecified atom stereocenters. The van der Waals surface area contributed by atoms with E-state index in [1.165, 1.54) is 12.1 Å². The van der Waals surface area contributed by atoms with Crippen LogP contribution in [0.3, 0.4) is 0 Å². The third-order valence-corrected chi connectivity index (χ3v) is 3.08. The van der Waals surface area contributed by atoms with Gasteiger partial charge in [0, 0.05) is 11.8 Å². The van der Waals surface area contributed by atoms with E-state index < -0.39 is 11.9 Å². The molecule has 0 aliphatic carbocycles. The number of hydrogen-bond donors (Lipinski definition) is 2. The van der Waals surface area contributed by atoms with Crippen LogP contribution in [-0.2, 0) is 0 Å². The lowest BCUT2D eigenvalue weighted by Crippen LogP contribution is -2.16. The van der Waals surface area contributed by atoms with E-state index in [4.69, 9.17) is 9.84 Å². The van der Waals surface area contributed by atoms with Gasteiger partial charge < -0.3 is 15.2 Å². The van der Waals surface area contributed by atoms with Gasteiger partial charge in [0.2, 0.25) is 0 Å². The molecule has 2 aromatic rings. The molecule has 120 valence electrons. The first-order chi connectivity index (χ1) is 11.0. The third-order valence-electron chi connectivity index (χ3n) is 3.08. The predicted molar refractivity (Wildman–Crippen MR) is 88.1 cm³/mol. The Balaban J connectivity index is 2.15. The van der Waals surface area contributed by atoms with Gasteiger partial charge in [-0.15, -0.1) is 0 Å². The summed E-state index contributed by atoms with van der Waals surface area (Å²) >= 11 is 0. The lowest BCUT2D eigenvalue weighted by molar-refractivity contribution is 0.0692. The number of aromatic carboxylic acids is 1. The van der Waals surface area contributed by atoms with E-state index in [1.54, 1.807) is 30.3 Å². The molecule has 2 aromatic carbocycles. The molecule has 0 atom stereocenters. The minimum absolute atomic E-state index is 0.0304. The molecule has 2 rings (SSSR count). The monoisotopic (exact) mass is 313 g/mol. The fraction of sp³-hybridized carbons (Fsp3) is 0.222. The summed E-state index contributed by atoms with van der Waals surface area (Å²) in [5.74, 6) is -0.549. The van der Waals surface area contributed by atoms with Crippen LogP contribution in [0.2, 0.25) is 0 Å². The number of carbonyl (C=O) groups excluding carboxylic acids is 1. The van der Waals surface area contributed by atoms with Crippen molar-refractivity contribution >= 4 is 17.6 Å². The summed E-state index contributed by atoms with van der Waals surface area (Å²) in [5, 5.41) is 11.8. The molecule has 0 heterocycles. The van der Waals surface area contributed by atoms with Gasteiger partial charge >= 0.3 is 5.97 Å². The molecule has 0 aliphatic heterocycles. The second kappa shape index (κ2) is 7.45. The Morgan fingerprint density at radius 2 is 1.78 bits per heavy atom. The lowest BCUT2D eigenvalue weighted by atomic mass is 10.1. The SMILES string of the molecule is CC(C)COc1cccc(NC(=O)c2ccccc2C(=O)O)c1. The van der Waals surface area contributed by atoms with E-state index >= 15 is 0 Å². The Hall–Kier alpha value is -2.82. The molecule has 23 heavy (non-hydrogen) atoms. The highest BCUT2D eigenvalue weighted by molar-refractivity contribution is 6.10. The van der Waals surface area contributed by atoms with Crippen LogP contribution in [0.15, 0.2) is 48.5 Å². The van der Waals surface area contributed by atoms with E-state index in [1.807, 2.05) is 6.07 Å². The number of amides is 1. The second-order valence-corrected chi connectivity index (χ2v) is 5.54. The van der Waals surface area contributed by atoms with E-state index in [9.17, 15) is 9.59 Å². The summed E-state index contributed by atoms with van der Waals surface area (Å²) in [6, 6.07) is 13.1. The summed E-state index contributed by atoms with van der Waals surface area (Å²) in [5.41, 5.74) is 0.641. The number of carboxylic acid groups (broad SMARTS) is 1. The van der Waals surface area contributed by atoms with Crippen LogP contribution < -0.4 is 10.1 Å². The molecule has 0 aliphatic rings. The maximum absolute atomic E-state index is 12.3. The van der Waals surface area contributed by atoms with Crippen molar-refractivity contribution in [3.8, 4) is 5.75 Å². The van der Waals surface area contributed by atoms with Crippen LogP contribution in [0.5, 0.6) is 5.75 Å². The standard InChI is InChI=1S/C18H19NO4/c1-12(2)11-23-14-7-5-6-13(10-14)19-17(20)15-8-3-4-9-16(15)18(21)22/h3-10,12H,11H2,1-2H3,(H,19,20)(H,21,22). The lowest BCUT2D eigenvalue weighted by Gasteiger charge is -2.11. The topological polar surface area (TPSA) is 75.6 Å². The maximum Gasteiger partial charge on any atom is 0.336 e. The largest absolute Gasteiger partial charge is 0.493 e. The van der Waals surface area contributed by atoms with Gasteiger partial charge in [-0.05, 0) is 30.2 Å². The van der Waals surface area contributed by atoms with Crippen LogP contribution in [0.1, 0.15) is 34.6 Å². The highest BCUT2D eigenvalue weighted by Gasteiger charge is 2.15. The number of hydrogen-bond acceptors (Lipinski definition) is 3. The summed E-state index contributed by atoms with van der Waals surface area (Å²) in [4.78, 5) is 23.5. The Kier molecular flexibility index (Phi) is 5.36. The van der Waals surface area contributed by atoms with Gasteiger partial charge in [-0.2, -0.15) is 0 Å². The van der Waals surface area contributed by atoms with Gasteiger partial charge in [0.1, 0.15) is 5.75 Å². The molecule has 0 spiro atoms. The van der Waals surface area contributed by atoms with Crippen LogP contribution in [-0.4, -0.2) is 23.6 Å². The number of ether oxygens (including phenoxy) is 1. The normalized spacial score (nSPS) is 10.4. The summed E-state index contributed by atoms with van der Waals surface area (Å²) in [7, 11) is 0. The van der Waals surface area contributed by atoms with Crippen LogP contribution in [0, 0.1) is 5.92 Å². The van der Waals surface area contributed by atoms with Gasteiger partial charge in [-0.3, -0.25) is 4.79 Å². The van der Waals surface area contributed by atoms with Crippen molar-refractivity contribution in [3.05, 3.63) is 59.7 Å². The number of anilines is 1. The van der Waals surface area contributed by atoms with E-state index in [-0.39, 0.29) is 11.1 Å². The Bertz CT molecular complexity index is 710. The molecule has 0 saturated heterocycles. The van der Waals surface area contributed by atoms with Crippen molar-refractivity contribution < 1.29 is 19.4 Å². The van der Waals surface area contributed by atoms with Gasteiger partial charge in [0.15, 0.2) is 0 Å². The number of carboxylic acids is 1. The van der Waals surface area contributed by atoms with Crippen molar-refractivity contribution in [2.75, 3.05) is 11.9 Å². The van der Waals surface area contributed by atoms with Crippen LogP contribution in [0.4, 0.5) is 5.69 Å². The fourth-order valence-corrected chi connectivity index (χ4v) is 1.99. The maximum atomic E-state index is 12.3. The van der Waals surface area contributed by atoms with E-state index in [2.05, 4.69) is 19.2 Å². The molecule has 5 heteroatoms. The van der Waals surface area contributed by atoms with Gasteiger partial charge in [0.05, 0.1) is 17.7 Å². The number of benzene rings is 2. The molecule has 0 bridgehead atoms. The molecule has 2 N–H and O–H groups in total. The second-order valence-electron chi connectivity index (χ2n) is 5.54. The van der Waals surface area contributed by atoms with Crippen molar-refractivity contribution in [1.82, 2.24) is 0 Å². The zero-order chi connectivity index (χ0) is 16.8. The molecular weight excluding hydrogens is 294 g/mol. The van der Waals surface area contributed by atoms with Crippen molar-refractivity contribution in [1.29, 1.82) is 0 Å². The van der Waals surface area contributed by atoms with Crippen molar-refractivity contribution in [2.45, 2.75) is 13.8 Å². The van der Waals surface area contributed by atoms with E-state index in [0.717, 1.165) is 0 Å². The third kappa shape index (κ3) is 4.57. The average Bonchev–Trinajstić information content (AvgIpc) is 2.53. The van der Waals surface area contributed by atoms with Crippen molar-refractivity contribution in [2.24, 2.45) is 5.92 Å². The molecular formula is C18H19NO4. The quantitative estimate of drug-likeness (QED) is 0.853. The van der Waals surface area contributed by atoms with Crippen molar-refractivity contribution in [3.63, 3.8) is 0 Å². The molecule has 0 aromatic heterocycles. The summed E-state index contributed by atoms with van der Waals surface area (Å²) < 4.78 is 5.61. The zero-order valence-electron chi connectivity index (χ0n) is 13.1. The molecule has 0 radical (unpaired) electrons. The Labute approximate surface area is 134 Å². The average molecular weight is 313 g/mol. The minimum Gasteiger partial charge on any atom is -0.493 e. The molecule has 5 nitrogen and oxygen atoms in total. The number of carbonyl (C=O) groups is 2. The first kappa shape index (κ1) is 16.5. The van der Waals surface area contributed by atoms with Crippen LogP contribution in [0.25, 0.3) is 0 Å². The highest BCUT2D eigenvalue weighted by atomic mass is 16.5. The highest BCUT2D eigenvalue weighted by Crippen LogP contribution is 2.19. The minimum atomic E-state index is -1.13. The smallest absolute Gasteiger partial charge is 0.336 e. The Morgan fingerprint density at radius 1 is 1.09 bits per heavy atom. The van der Waals surface area contributed by atoms with Gasteiger partial charge in [0.25, 0.3) is 5.91 Å². The predicted octanol–water partition coefficient (Wildman–Crippen LogP) is 3.67. The molecule has 0 saturated carbocycles. The molecule has 1 amide bonds. The first-order valence-electron chi connectivity index (χ1n) is 7.34. The van der Waals surface area contributed by atoms with Gasteiger partial charge in [-0.1, -0.05) is 32.0 Å². The number of nitrogens with one attached hydrogen (secondary N) is 1. The van der Waals surface area contributed by atoms with Gasteiger partial charge in [-0.25, -0.2) is 4.79 Å². The number of rotatable bonds is 6.